The predicted molar refractivity (Wildman–Crippen MR) is 92.0 cm³/mol. The third-order valence-electron chi connectivity index (χ3n) is 4.27. The van der Waals surface area contributed by atoms with Crippen LogP contribution in [0.4, 0.5) is 5.69 Å². The van der Waals surface area contributed by atoms with E-state index in [1.54, 1.807) is 12.1 Å². The Bertz CT molecular complexity index is 661. The first-order valence-corrected chi connectivity index (χ1v) is 8.14. The maximum Gasteiger partial charge on any atom is 0.251 e. The monoisotopic (exact) mass is 310 g/mol. The molecule has 2 aromatic carbocycles. The van der Waals surface area contributed by atoms with Crippen LogP contribution < -0.4 is 10.2 Å². The minimum absolute atomic E-state index is 0.0756. The molecule has 0 unspecified atom stereocenters. The molecule has 120 valence electrons. The van der Waals surface area contributed by atoms with E-state index in [0.29, 0.717) is 18.5 Å². The van der Waals surface area contributed by atoms with Gasteiger partial charge in [0.2, 0.25) is 0 Å². The van der Waals surface area contributed by atoms with Crippen molar-refractivity contribution in [3.8, 4) is 5.75 Å². The van der Waals surface area contributed by atoms with Crippen LogP contribution in [0.1, 0.15) is 28.8 Å². The highest BCUT2D eigenvalue weighted by atomic mass is 16.3. The van der Waals surface area contributed by atoms with Crippen LogP contribution in [0.2, 0.25) is 0 Å². The summed E-state index contributed by atoms with van der Waals surface area (Å²) in [4.78, 5) is 14.5. The minimum Gasteiger partial charge on any atom is -0.508 e. The first kappa shape index (κ1) is 15.4. The Labute approximate surface area is 136 Å². The van der Waals surface area contributed by atoms with Gasteiger partial charge in [0, 0.05) is 30.9 Å². The van der Waals surface area contributed by atoms with Crippen molar-refractivity contribution in [2.45, 2.75) is 19.3 Å². The van der Waals surface area contributed by atoms with Gasteiger partial charge in [0.1, 0.15) is 5.75 Å². The van der Waals surface area contributed by atoms with Crippen molar-refractivity contribution >= 4 is 11.6 Å². The minimum atomic E-state index is -0.0756. The number of hydrogen-bond donors (Lipinski definition) is 2. The lowest BCUT2D eigenvalue weighted by Crippen LogP contribution is -2.25. The Morgan fingerprint density at radius 2 is 1.74 bits per heavy atom. The summed E-state index contributed by atoms with van der Waals surface area (Å²) in [5.41, 5.74) is 2.70. The van der Waals surface area contributed by atoms with Gasteiger partial charge in [-0.3, -0.25) is 4.79 Å². The summed E-state index contributed by atoms with van der Waals surface area (Å²) >= 11 is 0. The number of nitrogens with one attached hydrogen (secondary N) is 1. The molecular formula is C19H22N2O2. The zero-order valence-electron chi connectivity index (χ0n) is 13.2. The van der Waals surface area contributed by atoms with Gasteiger partial charge in [-0.15, -0.1) is 0 Å². The molecule has 3 rings (SSSR count). The Morgan fingerprint density at radius 3 is 2.43 bits per heavy atom. The molecule has 0 aromatic heterocycles. The van der Waals surface area contributed by atoms with Gasteiger partial charge >= 0.3 is 0 Å². The molecule has 0 atom stereocenters. The van der Waals surface area contributed by atoms with Crippen LogP contribution in [-0.2, 0) is 6.42 Å². The lowest BCUT2D eigenvalue weighted by Gasteiger charge is -2.17. The normalized spacial score (nSPS) is 14.0. The van der Waals surface area contributed by atoms with Crippen molar-refractivity contribution in [2.24, 2.45) is 0 Å². The van der Waals surface area contributed by atoms with E-state index in [2.05, 4.69) is 10.2 Å². The number of rotatable bonds is 5. The van der Waals surface area contributed by atoms with E-state index >= 15 is 0 Å². The van der Waals surface area contributed by atoms with E-state index in [-0.39, 0.29) is 11.7 Å². The van der Waals surface area contributed by atoms with E-state index in [4.69, 9.17) is 0 Å². The quantitative estimate of drug-likeness (QED) is 0.893. The molecule has 0 aliphatic carbocycles. The van der Waals surface area contributed by atoms with Crippen molar-refractivity contribution in [3.63, 3.8) is 0 Å². The summed E-state index contributed by atoms with van der Waals surface area (Å²) in [7, 11) is 0. The topological polar surface area (TPSA) is 52.6 Å². The van der Waals surface area contributed by atoms with Gasteiger partial charge in [-0.05, 0) is 55.2 Å². The molecule has 2 N–H and O–H groups in total. The van der Waals surface area contributed by atoms with Crippen LogP contribution >= 0.6 is 0 Å². The highest BCUT2D eigenvalue weighted by molar-refractivity contribution is 5.94. The molecule has 1 heterocycles. The molecule has 2 aromatic rings. The van der Waals surface area contributed by atoms with Gasteiger partial charge in [-0.1, -0.05) is 18.2 Å². The van der Waals surface area contributed by atoms with Crippen molar-refractivity contribution in [2.75, 3.05) is 24.5 Å². The fraction of sp³-hybridized carbons (Fsp3) is 0.316. The SMILES string of the molecule is O=C(NCCc1ccccc1O)c1ccc(N2CCCC2)cc1. The van der Waals surface area contributed by atoms with E-state index in [0.717, 1.165) is 18.7 Å². The number of amides is 1. The lowest BCUT2D eigenvalue weighted by atomic mass is 10.1. The Balaban J connectivity index is 1.53. The summed E-state index contributed by atoms with van der Waals surface area (Å²) in [6.45, 7) is 2.71. The van der Waals surface area contributed by atoms with Crippen LogP contribution in [0.15, 0.2) is 48.5 Å². The van der Waals surface area contributed by atoms with Crippen LogP contribution in [0, 0.1) is 0 Å². The average molecular weight is 310 g/mol. The lowest BCUT2D eigenvalue weighted by molar-refractivity contribution is 0.0954. The fourth-order valence-corrected chi connectivity index (χ4v) is 2.93. The van der Waals surface area contributed by atoms with Gasteiger partial charge in [0.25, 0.3) is 5.91 Å². The summed E-state index contributed by atoms with van der Waals surface area (Å²) in [6.07, 6.45) is 3.10. The number of phenolic OH excluding ortho intramolecular Hbond substituents is 1. The maximum atomic E-state index is 12.2. The van der Waals surface area contributed by atoms with Crippen molar-refractivity contribution in [1.82, 2.24) is 5.32 Å². The standard InChI is InChI=1S/C19H22N2O2/c22-18-6-2-1-5-15(18)11-12-20-19(23)16-7-9-17(10-8-16)21-13-3-4-14-21/h1-2,5-10,22H,3-4,11-14H2,(H,20,23). The smallest absolute Gasteiger partial charge is 0.251 e. The number of carbonyl (C=O) groups excluding carboxylic acids is 1. The largest absolute Gasteiger partial charge is 0.508 e. The molecule has 1 fully saturated rings. The highest BCUT2D eigenvalue weighted by Gasteiger charge is 2.13. The second-order valence-electron chi connectivity index (χ2n) is 5.88. The first-order chi connectivity index (χ1) is 11.2. The summed E-state index contributed by atoms with van der Waals surface area (Å²) < 4.78 is 0. The fourth-order valence-electron chi connectivity index (χ4n) is 2.93. The molecule has 4 nitrogen and oxygen atoms in total. The molecule has 1 aliphatic rings. The third kappa shape index (κ3) is 3.83. The van der Waals surface area contributed by atoms with Crippen molar-refractivity contribution < 1.29 is 9.90 Å². The molecule has 1 amide bonds. The van der Waals surface area contributed by atoms with Crippen LogP contribution in [0.3, 0.4) is 0 Å². The first-order valence-electron chi connectivity index (χ1n) is 8.14. The zero-order valence-corrected chi connectivity index (χ0v) is 13.2. The number of aromatic hydroxyl groups is 1. The second kappa shape index (κ2) is 7.18. The summed E-state index contributed by atoms with van der Waals surface area (Å²) in [6, 6.07) is 15.0. The van der Waals surface area contributed by atoms with E-state index in [1.807, 2.05) is 36.4 Å². The molecule has 4 heteroatoms. The molecule has 23 heavy (non-hydrogen) atoms. The summed E-state index contributed by atoms with van der Waals surface area (Å²) in [5, 5.41) is 12.6. The second-order valence-corrected chi connectivity index (χ2v) is 5.88. The number of hydrogen-bond acceptors (Lipinski definition) is 3. The average Bonchev–Trinajstić information content (AvgIpc) is 3.11. The maximum absolute atomic E-state index is 12.2. The van der Waals surface area contributed by atoms with Gasteiger partial charge in [0.15, 0.2) is 0 Å². The number of nitrogens with zero attached hydrogens (tertiary/aromatic N) is 1. The Morgan fingerprint density at radius 1 is 1.04 bits per heavy atom. The molecule has 1 saturated heterocycles. The van der Waals surface area contributed by atoms with Gasteiger partial charge in [0.05, 0.1) is 0 Å². The number of carbonyl (C=O) groups is 1. The Hall–Kier alpha value is -2.49. The van der Waals surface area contributed by atoms with E-state index < -0.39 is 0 Å². The van der Waals surface area contributed by atoms with Crippen LogP contribution in [0.25, 0.3) is 0 Å². The Kier molecular flexibility index (Phi) is 4.81. The number of anilines is 1. The molecule has 0 spiro atoms. The zero-order chi connectivity index (χ0) is 16.1. The molecule has 1 aliphatic heterocycles. The summed E-state index contributed by atoms with van der Waals surface area (Å²) in [5.74, 6) is 0.199. The van der Waals surface area contributed by atoms with Gasteiger partial charge in [-0.25, -0.2) is 0 Å². The third-order valence-corrected chi connectivity index (χ3v) is 4.27. The van der Waals surface area contributed by atoms with Gasteiger partial charge < -0.3 is 15.3 Å². The van der Waals surface area contributed by atoms with Crippen LogP contribution in [-0.4, -0.2) is 30.6 Å². The van der Waals surface area contributed by atoms with Crippen molar-refractivity contribution in [3.05, 3.63) is 59.7 Å². The van der Waals surface area contributed by atoms with E-state index in [1.165, 1.54) is 18.5 Å². The number of para-hydroxylation sites is 1. The molecule has 0 bridgehead atoms. The number of benzene rings is 2. The highest BCUT2D eigenvalue weighted by Crippen LogP contribution is 2.20. The molecule has 0 saturated carbocycles. The van der Waals surface area contributed by atoms with Gasteiger partial charge in [-0.2, -0.15) is 0 Å². The van der Waals surface area contributed by atoms with Crippen molar-refractivity contribution in [1.29, 1.82) is 0 Å². The van der Waals surface area contributed by atoms with Crippen LogP contribution in [0.5, 0.6) is 5.75 Å². The number of phenols is 1. The molecular weight excluding hydrogens is 288 g/mol. The predicted octanol–water partition coefficient (Wildman–Crippen LogP) is 2.96. The van der Waals surface area contributed by atoms with E-state index in [9.17, 15) is 9.90 Å². The molecule has 0 radical (unpaired) electrons.